The molecule has 0 aromatic heterocycles. The molecular weight excluding hydrogens is 294 g/mol. The van der Waals surface area contributed by atoms with Crippen LogP contribution in [0.15, 0.2) is 23.8 Å². The zero-order valence-electron chi connectivity index (χ0n) is 14.4. The third-order valence-corrected chi connectivity index (χ3v) is 4.54. The van der Waals surface area contributed by atoms with Crippen molar-refractivity contribution >= 4 is 0 Å². The Hall–Kier alpha value is -0.720. The van der Waals surface area contributed by atoms with Crippen LogP contribution in [0.4, 0.5) is 0 Å². The number of ether oxygens (including phenoxy) is 4. The van der Waals surface area contributed by atoms with E-state index in [1.807, 2.05) is 0 Å². The minimum atomic E-state index is -0.175. The Labute approximate surface area is 138 Å². The number of epoxide rings is 1. The van der Waals surface area contributed by atoms with E-state index >= 15 is 0 Å². The lowest BCUT2D eigenvalue weighted by Crippen LogP contribution is -2.43. The summed E-state index contributed by atoms with van der Waals surface area (Å²) in [6.45, 7) is 8.38. The highest BCUT2D eigenvalue weighted by Crippen LogP contribution is 2.46. The fourth-order valence-electron chi connectivity index (χ4n) is 3.44. The summed E-state index contributed by atoms with van der Waals surface area (Å²) >= 11 is 0. The first-order valence-corrected chi connectivity index (χ1v) is 8.51. The largest absolute Gasteiger partial charge is 0.369 e. The van der Waals surface area contributed by atoms with Gasteiger partial charge >= 0.3 is 0 Å². The molecule has 1 spiro atoms. The van der Waals surface area contributed by atoms with Gasteiger partial charge in [0.05, 0.1) is 43.2 Å². The molecule has 3 aliphatic heterocycles. The van der Waals surface area contributed by atoms with E-state index < -0.39 is 0 Å². The quantitative estimate of drug-likeness (QED) is 0.635. The lowest BCUT2D eigenvalue weighted by atomic mass is 9.85. The molecule has 2 N–H and O–H groups in total. The van der Waals surface area contributed by atoms with Gasteiger partial charge in [-0.15, -0.1) is 0 Å². The van der Waals surface area contributed by atoms with Crippen LogP contribution in [0.1, 0.15) is 40.0 Å². The van der Waals surface area contributed by atoms with Gasteiger partial charge in [0.15, 0.2) is 6.29 Å². The van der Waals surface area contributed by atoms with Crippen LogP contribution >= 0.6 is 0 Å². The lowest BCUT2D eigenvalue weighted by molar-refractivity contribution is -0.182. The molecule has 3 saturated heterocycles. The van der Waals surface area contributed by atoms with Crippen molar-refractivity contribution in [1.82, 2.24) is 0 Å². The molecule has 3 fully saturated rings. The molecule has 23 heavy (non-hydrogen) atoms. The van der Waals surface area contributed by atoms with Crippen LogP contribution in [0, 0.1) is 0 Å². The molecule has 0 aromatic rings. The molecule has 0 amide bonds. The Morgan fingerprint density at radius 3 is 2.61 bits per heavy atom. The third-order valence-electron chi connectivity index (χ3n) is 4.54. The van der Waals surface area contributed by atoms with Crippen LogP contribution in [0.5, 0.6) is 0 Å². The molecule has 3 aliphatic rings. The Balaban J connectivity index is 1.49. The van der Waals surface area contributed by atoms with E-state index in [2.05, 4.69) is 39.0 Å². The second kappa shape index (κ2) is 6.65. The van der Waals surface area contributed by atoms with Gasteiger partial charge in [-0.3, -0.25) is 0 Å². The van der Waals surface area contributed by atoms with Crippen molar-refractivity contribution in [2.24, 2.45) is 5.73 Å². The summed E-state index contributed by atoms with van der Waals surface area (Å²) in [5, 5.41) is 0. The highest BCUT2D eigenvalue weighted by Gasteiger charge is 2.53. The van der Waals surface area contributed by atoms with Crippen molar-refractivity contribution < 1.29 is 18.9 Å². The first-order valence-electron chi connectivity index (χ1n) is 8.51. The minimum absolute atomic E-state index is 0.00000863. The van der Waals surface area contributed by atoms with Crippen LogP contribution in [-0.4, -0.2) is 49.5 Å². The predicted molar refractivity (Wildman–Crippen MR) is 88.1 cm³/mol. The normalized spacial score (nSPS) is 40.7. The van der Waals surface area contributed by atoms with Gasteiger partial charge in [-0.1, -0.05) is 23.8 Å². The summed E-state index contributed by atoms with van der Waals surface area (Å²) < 4.78 is 22.9. The number of rotatable bonds is 4. The SMILES string of the molecule is CC(C=C[C@@H]1C[C@]2(CO2)CC(C)(C)O1)=CCC1OCC(N)CO1. The number of nitrogens with two attached hydrogens (primary N) is 1. The Morgan fingerprint density at radius 2 is 1.96 bits per heavy atom. The highest BCUT2D eigenvalue weighted by molar-refractivity contribution is 5.19. The van der Waals surface area contributed by atoms with Crippen molar-refractivity contribution in [3.8, 4) is 0 Å². The fourth-order valence-corrected chi connectivity index (χ4v) is 3.44. The Kier molecular flexibility index (Phi) is 4.95. The Bertz CT molecular complexity index is 467. The van der Waals surface area contributed by atoms with E-state index in [4.69, 9.17) is 24.7 Å². The Morgan fingerprint density at radius 1 is 1.26 bits per heavy atom. The average molecular weight is 323 g/mol. The number of hydrogen-bond acceptors (Lipinski definition) is 5. The average Bonchev–Trinajstić information content (AvgIpc) is 3.21. The van der Waals surface area contributed by atoms with Crippen molar-refractivity contribution in [3.05, 3.63) is 23.8 Å². The molecule has 0 bridgehead atoms. The fraction of sp³-hybridized carbons (Fsp3) is 0.778. The second-order valence-electron chi connectivity index (χ2n) is 7.67. The number of hydrogen-bond donors (Lipinski definition) is 1. The van der Waals surface area contributed by atoms with Crippen LogP contribution in [0.3, 0.4) is 0 Å². The van der Waals surface area contributed by atoms with Gasteiger partial charge in [0.2, 0.25) is 0 Å². The van der Waals surface area contributed by atoms with Crippen molar-refractivity contribution in [1.29, 1.82) is 0 Å². The molecule has 130 valence electrons. The molecular formula is C18H29NO4. The van der Waals surface area contributed by atoms with E-state index in [1.54, 1.807) is 0 Å². The maximum Gasteiger partial charge on any atom is 0.161 e. The second-order valence-corrected chi connectivity index (χ2v) is 7.67. The smallest absolute Gasteiger partial charge is 0.161 e. The van der Waals surface area contributed by atoms with Gasteiger partial charge in [0.25, 0.3) is 0 Å². The first-order chi connectivity index (χ1) is 10.9. The van der Waals surface area contributed by atoms with E-state index in [-0.39, 0.29) is 29.6 Å². The van der Waals surface area contributed by atoms with E-state index in [0.717, 1.165) is 25.9 Å². The third kappa shape index (κ3) is 4.88. The molecule has 5 heteroatoms. The van der Waals surface area contributed by atoms with Crippen LogP contribution in [0.2, 0.25) is 0 Å². The summed E-state index contributed by atoms with van der Waals surface area (Å²) in [6.07, 6.45) is 9.02. The van der Waals surface area contributed by atoms with Gasteiger partial charge in [-0.2, -0.15) is 0 Å². The molecule has 0 aromatic carbocycles. The summed E-state index contributed by atoms with van der Waals surface area (Å²) in [7, 11) is 0. The lowest BCUT2D eigenvalue weighted by Gasteiger charge is -2.38. The summed E-state index contributed by atoms with van der Waals surface area (Å²) in [5.41, 5.74) is 6.86. The van der Waals surface area contributed by atoms with Crippen LogP contribution in [-0.2, 0) is 18.9 Å². The van der Waals surface area contributed by atoms with Crippen molar-refractivity contribution in [2.75, 3.05) is 19.8 Å². The maximum atomic E-state index is 6.15. The topological polar surface area (TPSA) is 66.2 Å². The van der Waals surface area contributed by atoms with Gasteiger partial charge in [0.1, 0.15) is 0 Å². The summed E-state index contributed by atoms with van der Waals surface area (Å²) in [4.78, 5) is 0. The molecule has 0 aliphatic carbocycles. The predicted octanol–water partition coefficient (Wildman–Crippen LogP) is 2.31. The standard InChI is InChI=1S/C18H29NO4/c1-13(5-7-16-20-9-14(19)10-21-16)4-6-15-8-18(12-22-18)11-17(2,3)23-15/h4-6,14-16H,7-12,19H2,1-3H3/t14?,15-,16?,18-/m1/s1. The van der Waals surface area contributed by atoms with Gasteiger partial charge in [-0.25, -0.2) is 0 Å². The zero-order valence-corrected chi connectivity index (χ0v) is 14.4. The van der Waals surface area contributed by atoms with Gasteiger partial charge in [-0.05, 0) is 20.8 Å². The molecule has 0 unspecified atom stereocenters. The maximum absolute atomic E-state index is 6.15. The van der Waals surface area contributed by atoms with Gasteiger partial charge < -0.3 is 24.7 Å². The summed E-state index contributed by atoms with van der Waals surface area (Å²) in [5.74, 6) is 0. The minimum Gasteiger partial charge on any atom is -0.369 e. The molecule has 3 heterocycles. The van der Waals surface area contributed by atoms with Crippen molar-refractivity contribution in [2.45, 2.75) is 69.7 Å². The summed E-state index contributed by atoms with van der Waals surface area (Å²) in [6, 6.07) is -0.00000863. The molecule has 2 atom stereocenters. The van der Waals surface area contributed by atoms with E-state index in [0.29, 0.717) is 13.2 Å². The van der Waals surface area contributed by atoms with Crippen LogP contribution < -0.4 is 5.73 Å². The first kappa shape index (κ1) is 17.1. The van der Waals surface area contributed by atoms with E-state index in [1.165, 1.54) is 5.57 Å². The molecule has 0 saturated carbocycles. The highest BCUT2D eigenvalue weighted by atomic mass is 16.7. The zero-order chi connectivity index (χ0) is 16.5. The van der Waals surface area contributed by atoms with Gasteiger partial charge in [0, 0.05) is 19.3 Å². The van der Waals surface area contributed by atoms with Crippen LogP contribution in [0.25, 0.3) is 0 Å². The molecule has 5 nitrogen and oxygen atoms in total. The monoisotopic (exact) mass is 323 g/mol. The van der Waals surface area contributed by atoms with E-state index in [9.17, 15) is 0 Å². The van der Waals surface area contributed by atoms with Crippen molar-refractivity contribution in [3.63, 3.8) is 0 Å². The number of allylic oxidation sites excluding steroid dienone is 2. The molecule has 0 radical (unpaired) electrons. The molecule has 3 rings (SSSR count).